The first-order valence-electron chi connectivity index (χ1n) is 19.9. The molecule has 0 radical (unpaired) electrons. The summed E-state index contributed by atoms with van der Waals surface area (Å²) < 4.78 is 0. The van der Waals surface area contributed by atoms with Crippen LogP contribution in [0, 0.1) is 0 Å². The van der Waals surface area contributed by atoms with Crippen LogP contribution in [0.2, 0.25) is 0 Å². The molecule has 0 unspecified atom stereocenters. The van der Waals surface area contributed by atoms with Gasteiger partial charge in [0.2, 0.25) is 5.91 Å². The molecule has 1 amide bonds. The van der Waals surface area contributed by atoms with Crippen molar-refractivity contribution in [1.29, 1.82) is 0 Å². The molecular weight excluding hydrogens is 542 g/mol. The number of rotatable bonds is 36. The van der Waals surface area contributed by atoms with Crippen LogP contribution in [0.1, 0.15) is 219 Å². The molecule has 0 saturated carbocycles. The highest BCUT2D eigenvalue weighted by Crippen LogP contribution is 2.15. The molecule has 0 aliphatic heterocycles. The van der Waals surface area contributed by atoms with Crippen LogP contribution < -0.4 is 5.32 Å². The fourth-order valence-electron chi connectivity index (χ4n) is 6.18. The van der Waals surface area contributed by atoms with E-state index in [1.165, 1.54) is 173 Å². The van der Waals surface area contributed by atoms with E-state index in [0.29, 0.717) is 6.42 Å². The lowest BCUT2D eigenvalue weighted by Gasteiger charge is -2.20. The number of allylic oxidation sites excluding steroid dienone is 1. The van der Waals surface area contributed by atoms with Crippen LogP contribution >= 0.6 is 0 Å². The Bertz CT molecular complexity index is 593. The first kappa shape index (κ1) is 43.1. The summed E-state index contributed by atoms with van der Waals surface area (Å²) in [5.74, 6) is -0.0613. The van der Waals surface area contributed by atoms with E-state index in [1.807, 2.05) is 6.08 Å². The molecule has 0 aliphatic carbocycles. The summed E-state index contributed by atoms with van der Waals surface area (Å²) >= 11 is 0. The number of nitrogens with one attached hydrogen (secondary N) is 1. The first-order valence-corrected chi connectivity index (χ1v) is 19.9. The van der Waals surface area contributed by atoms with Crippen LogP contribution in [0.25, 0.3) is 0 Å². The smallest absolute Gasteiger partial charge is 0.220 e. The fourth-order valence-corrected chi connectivity index (χ4v) is 6.18. The Morgan fingerprint density at radius 3 is 1.18 bits per heavy atom. The van der Waals surface area contributed by atoms with Crippen LogP contribution in [0.15, 0.2) is 12.2 Å². The van der Waals surface area contributed by atoms with E-state index in [-0.39, 0.29) is 12.5 Å². The van der Waals surface area contributed by atoms with Gasteiger partial charge in [0.1, 0.15) is 0 Å². The average Bonchev–Trinajstić information content (AvgIpc) is 3.03. The van der Waals surface area contributed by atoms with Crippen LogP contribution in [0.5, 0.6) is 0 Å². The lowest BCUT2D eigenvalue weighted by Crippen LogP contribution is -2.45. The maximum absolute atomic E-state index is 12.3. The van der Waals surface area contributed by atoms with Crippen molar-refractivity contribution in [3.05, 3.63) is 12.2 Å². The molecule has 0 fully saturated rings. The highest BCUT2D eigenvalue weighted by Gasteiger charge is 2.17. The van der Waals surface area contributed by atoms with E-state index < -0.39 is 12.1 Å². The van der Waals surface area contributed by atoms with E-state index in [1.54, 1.807) is 6.08 Å². The van der Waals surface area contributed by atoms with Gasteiger partial charge in [0.05, 0.1) is 18.8 Å². The zero-order valence-electron chi connectivity index (χ0n) is 29.9. The second-order valence-corrected chi connectivity index (χ2v) is 13.7. The molecule has 0 aromatic carbocycles. The Kier molecular flexibility index (Phi) is 35.9. The van der Waals surface area contributed by atoms with Crippen molar-refractivity contribution >= 4 is 5.91 Å². The molecule has 44 heavy (non-hydrogen) atoms. The number of unbranched alkanes of at least 4 members (excludes halogenated alkanes) is 29. The van der Waals surface area contributed by atoms with E-state index >= 15 is 0 Å². The number of hydrogen-bond donors (Lipinski definition) is 3. The number of aliphatic hydroxyl groups is 2. The van der Waals surface area contributed by atoms with Crippen molar-refractivity contribution in [2.45, 2.75) is 231 Å². The van der Waals surface area contributed by atoms with Gasteiger partial charge in [-0.25, -0.2) is 0 Å². The third-order valence-corrected chi connectivity index (χ3v) is 9.27. The highest BCUT2D eigenvalue weighted by molar-refractivity contribution is 5.76. The number of carbonyl (C=O) groups excluding carboxylic acids is 1. The van der Waals surface area contributed by atoms with Crippen molar-refractivity contribution in [1.82, 2.24) is 5.32 Å². The Hall–Kier alpha value is -0.870. The molecule has 4 heteroatoms. The average molecular weight is 622 g/mol. The van der Waals surface area contributed by atoms with Gasteiger partial charge in [-0.1, -0.05) is 206 Å². The molecule has 262 valence electrons. The summed E-state index contributed by atoms with van der Waals surface area (Å²) in [6.07, 6.45) is 44.5. The summed E-state index contributed by atoms with van der Waals surface area (Å²) in [6.45, 7) is 4.31. The maximum Gasteiger partial charge on any atom is 0.220 e. The normalized spacial score (nSPS) is 13.1. The van der Waals surface area contributed by atoms with Crippen molar-refractivity contribution in [2.24, 2.45) is 0 Å². The minimum Gasteiger partial charge on any atom is -0.394 e. The summed E-state index contributed by atoms with van der Waals surface area (Å²) in [5.41, 5.74) is 0. The van der Waals surface area contributed by atoms with Crippen LogP contribution in [-0.2, 0) is 4.79 Å². The highest BCUT2D eigenvalue weighted by atomic mass is 16.3. The van der Waals surface area contributed by atoms with Gasteiger partial charge in [0.25, 0.3) is 0 Å². The zero-order valence-corrected chi connectivity index (χ0v) is 29.9. The van der Waals surface area contributed by atoms with Crippen molar-refractivity contribution in [2.75, 3.05) is 6.61 Å². The van der Waals surface area contributed by atoms with E-state index in [2.05, 4.69) is 19.2 Å². The van der Waals surface area contributed by atoms with E-state index in [9.17, 15) is 15.0 Å². The molecule has 3 N–H and O–H groups in total. The van der Waals surface area contributed by atoms with Crippen molar-refractivity contribution < 1.29 is 15.0 Å². The number of hydrogen-bond acceptors (Lipinski definition) is 3. The minimum atomic E-state index is -0.832. The predicted molar refractivity (Wildman–Crippen MR) is 193 cm³/mol. The Balaban J connectivity index is 3.54. The van der Waals surface area contributed by atoms with E-state index in [4.69, 9.17) is 0 Å². The van der Waals surface area contributed by atoms with Gasteiger partial charge in [-0.2, -0.15) is 0 Å². The number of carbonyl (C=O) groups is 1. The van der Waals surface area contributed by atoms with Gasteiger partial charge in [0, 0.05) is 6.42 Å². The monoisotopic (exact) mass is 622 g/mol. The van der Waals surface area contributed by atoms with Gasteiger partial charge in [-0.05, 0) is 19.3 Å². The molecule has 0 rings (SSSR count). The van der Waals surface area contributed by atoms with Gasteiger partial charge in [-0.3, -0.25) is 4.79 Å². The Morgan fingerprint density at radius 2 is 0.841 bits per heavy atom. The van der Waals surface area contributed by atoms with Gasteiger partial charge < -0.3 is 15.5 Å². The molecule has 0 spiro atoms. The molecule has 2 atom stereocenters. The molecule has 0 aliphatic rings. The van der Waals surface area contributed by atoms with Crippen molar-refractivity contribution in [3.63, 3.8) is 0 Å². The predicted octanol–water partition coefficient (Wildman–Crippen LogP) is 11.9. The topological polar surface area (TPSA) is 69.6 Å². The summed E-state index contributed by atoms with van der Waals surface area (Å²) in [5, 5.41) is 22.9. The zero-order chi connectivity index (χ0) is 32.2. The molecule has 4 nitrogen and oxygen atoms in total. The third-order valence-electron chi connectivity index (χ3n) is 9.27. The standard InChI is InChI=1S/C40H79NO3/c1-3-5-7-9-11-13-15-17-18-19-20-21-22-24-26-28-30-32-34-36-40(44)41-38(37-42)39(43)35-33-31-29-27-25-23-16-14-12-10-8-6-4-2/h33,35,38-39,42-43H,3-32,34,36-37H2,1-2H3,(H,41,44)/t38-,39+/m0/s1. The Labute approximate surface area is 276 Å². The lowest BCUT2D eigenvalue weighted by molar-refractivity contribution is -0.123. The summed E-state index contributed by atoms with van der Waals surface area (Å²) in [7, 11) is 0. The fraction of sp³-hybridized carbons (Fsp3) is 0.925. The second kappa shape index (κ2) is 36.6. The number of amides is 1. The van der Waals surface area contributed by atoms with Gasteiger partial charge in [0.15, 0.2) is 0 Å². The first-order chi connectivity index (χ1) is 21.7. The second-order valence-electron chi connectivity index (χ2n) is 13.7. The quantitative estimate of drug-likeness (QED) is 0.0481. The van der Waals surface area contributed by atoms with Gasteiger partial charge >= 0.3 is 0 Å². The van der Waals surface area contributed by atoms with Crippen LogP contribution in [-0.4, -0.2) is 34.9 Å². The van der Waals surface area contributed by atoms with Gasteiger partial charge in [-0.15, -0.1) is 0 Å². The Morgan fingerprint density at radius 1 is 0.523 bits per heavy atom. The number of aliphatic hydroxyl groups excluding tert-OH is 2. The molecule has 0 heterocycles. The SMILES string of the molecule is CCCCCCCCCCCCCC=C[C@@H](O)[C@H](CO)NC(=O)CCCCCCCCCCCCCCCCCCCCC. The molecule has 0 saturated heterocycles. The summed E-state index contributed by atoms with van der Waals surface area (Å²) in [4.78, 5) is 12.3. The summed E-state index contributed by atoms with van der Waals surface area (Å²) in [6, 6.07) is -0.614. The molecular formula is C40H79NO3. The molecule has 0 bridgehead atoms. The van der Waals surface area contributed by atoms with Crippen LogP contribution in [0.3, 0.4) is 0 Å². The molecule has 0 aromatic rings. The largest absolute Gasteiger partial charge is 0.394 e. The van der Waals surface area contributed by atoms with E-state index in [0.717, 1.165) is 25.7 Å². The third kappa shape index (κ3) is 32.5. The molecule has 0 aromatic heterocycles. The van der Waals surface area contributed by atoms with Crippen molar-refractivity contribution in [3.8, 4) is 0 Å². The maximum atomic E-state index is 12.3. The van der Waals surface area contributed by atoms with Crippen LogP contribution in [0.4, 0.5) is 0 Å². The minimum absolute atomic E-state index is 0.0613. The lowest BCUT2D eigenvalue weighted by atomic mass is 10.0.